The summed E-state index contributed by atoms with van der Waals surface area (Å²) in [5, 5.41) is 8.62. The van der Waals surface area contributed by atoms with E-state index in [9.17, 15) is 8.42 Å². The topological polar surface area (TPSA) is 70.0 Å². The molecular formula is C13H18N2O2S. The highest BCUT2D eigenvalue weighted by atomic mass is 32.2. The first kappa shape index (κ1) is 14.7. The van der Waals surface area contributed by atoms with Crippen molar-refractivity contribution in [2.24, 2.45) is 0 Å². The van der Waals surface area contributed by atoms with Crippen LogP contribution in [0.15, 0.2) is 29.2 Å². The van der Waals surface area contributed by atoms with Crippen LogP contribution in [0.1, 0.15) is 33.3 Å². The van der Waals surface area contributed by atoms with E-state index in [1.165, 1.54) is 6.92 Å². The first-order valence-electron chi connectivity index (χ1n) is 5.69. The molecule has 1 rings (SSSR count). The van der Waals surface area contributed by atoms with Gasteiger partial charge in [-0.2, -0.15) is 9.98 Å². The first-order valence-corrected chi connectivity index (χ1v) is 7.17. The fraction of sp³-hybridized carbons (Fsp3) is 0.462. The van der Waals surface area contributed by atoms with Crippen molar-refractivity contribution in [3.8, 4) is 6.07 Å². The lowest BCUT2D eigenvalue weighted by Crippen LogP contribution is -2.31. The highest BCUT2D eigenvalue weighted by Gasteiger charge is 2.19. The zero-order valence-corrected chi connectivity index (χ0v) is 11.9. The van der Waals surface area contributed by atoms with Crippen LogP contribution in [0.5, 0.6) is 0 Å². The highest BCUT2D eigenvalue weighted by Crippen LogP contribution is 2.23. The Bertz CT molecular complexity index is 548. The van der Waals surface area contributed by atoms with E-state index < -0.39 is 16.1 Å². The minimum Gasteiger partial charge on any atom is -0.207 e. The van der Waals surface area contributed by atoms with Crippen LogP contribution in [0.25, 0.3) is 0 Å². The van der Waals surface area contributed by atoms with Gasteiger partial charge in [-0.3, -0.25) is 0 Å². The van der Waals surface area contributed by atoms with Gasteiger partial charge in [0.25, 0.3) is 0 Å². The molecule has 0 aliphatic heterocycles. The third-order valence-electron chi connectivity index (χ3n) is 2.56. The Hall–Kier alpha value is -1.38. The Kier molecular flexibility index (Phi) is 4.15. The Balaban J connectivity index is 3.03. The van der Waals surface area contributed by atoms with Gasteiger partial charge in [-0.1, -0.05) is 32.9 Å². The van der Waals surface area contributed by atoms with Crippen molar-refractivity contribution in [1.82, 2.24) is 4.72 Å². The Morgan fingerprint density at radius 1 is 1.22 bits per heavy atom. The second-order valence-electron chi connectivity index (χ2n) is 5.25. The van der Waals surface area contributed by atoms with Gasteiger partial charge in [-0.25, -0.2) is 8.42 Å². The van der Waals surface area contributed by atoms with Crippen molar-refractivity contribution < 1.29 is 8.42 Å². The molecule has 0 spiro atoms. The third kappa shape index (κ3) is 3.56. The van der Waals surface area contributed by atoms with Gasteiger partial charge in [-0.05, 0) is 30.0 Å². The molecule has 98 valence electrons. The molecule has 0 radical (unpaired) electrons. The van der Waals surface area contributed by atoms with Crippen LogP contribution in [-0.4, -0.2) is 14.5 Å². The molecule has 0 saturated carbocycles. The maximum Gasteiger partial charge on any atom is 0.241 e. The number of nitrogens with zero attached hydrogens (tertiary/aromatic N) is 1. The number of rotatable bonds is 3. The summed E-state index contributed by atoms with van der Waals surface area (Å²) in [6, 6.07) is 7.82. The van der Waals surface area contributed by atoms with Crippen LogP contribution in [-0.2, 0) is 15.4 Å². The van der Waals surface area contributed by atoms with Gasteiger partial charge >= 0.3 is 0 Å². The van der Waals surface area contributed by atoms with Crippen LogP contribution in [0.4, 0.5) is 0 Å². The zero-order valence-electron chi connectivity index (χ0n) is 11.1. The van der Waals surface area contributed by atoms with E-state index >= 15 is 0 Å². The van der Waals surface area contributed by atoms with Crippen LogP contribution in [0.2, 0.25) is 0 Å². The molecule has 1 unspecified atom stereocenters. The molecule has 0 fully saturated rings. The minimum atomic E-state index is -3.61. The number of sulfonamides is 1. The molecule has 0 saturated heterocycles. The van der Waals surface area contributed by atoms with E-state index in [1.54, 1.807) is 24.3 Å². The molecule has 0 heterocycles. The fourth-order valence-electron chi connectivity index (χ4n) is 1.46. The lowest BCUT2D eigenvalue weighted by molar-refractivity contribution is 0.574. The smallest absolute Gasteiger partial charge is 0.207 e. The zero-order chi connectivity index (χ0) is 14.0. The molecule has 0 aliphatic rings. The molecule has 1 aromatic rings. The quantitative estimate of drug-likeness (QED) is 0.911. The van der Waals surface area contributed by atoms with Gasteiger partial charge in [0.2, 0.25) is 10.0 Å². The number of nitrogens with one attached hydrogen (secondary N) is 1. The number of nitriles is 1. The maximum atomic E-state index is 11.9. The molecule has 0 amide bonds. The van der Waals surface area contributed by atoms with Gasteiger partial charge in [0.15, 0.2) is 0 Å². The van der Waals surface area contributed by atoms with E-state index in [1.807, 2.05) is 6.07 Å². The average molecular weight is 266 g/mol. The van der Waals surface area contributed by atoms with Crippen molar-refractivity contribution in [3.63, 3.8) is 0 Å². The summed E-state index contributed by atoms with van der Waals surface area (Å²) in [7, 11) is -3.61. The second-order valence-corrected chi connectivity index (χ2v) is 6.96. The number of benzene rings is 1. The average Bonchev–Trinajstić information content (AvgIpc) is 2.27. The summed E-state index contributed by atoms with van der Waals surface area (Å²) in [6.45, 7) is 7.69. The minimum absolute atomic E-state index is 0.0182. The predicted octanol–water partition coefficient (Wildman–Crippen LogP) is 2.17. The molecule has 5 heteroatoms. The van der Waals surface area contributed by atoms with E-state index in [0.717, 1.165) is 5.56 Å². The molecule has 0 bridgehead atoms. The predicted molar refractivity (Wildman–Crippen MR) is 70.5 cm³/mol. The van der Waals surface area contributed by atoms with Gasteiger partial charge in [0.1, 0.15) is 6.04 Å². The fourth-order valence-corrected chi connectivity index (χ4v) is 2.61. The Morgan fingerprint density at radius 2 is 1.72 bits per heavy atom. The summed E-state index contributed by atoms with van der Waals surface area (Å²) in [5.74, 6) is 0. The van der Waals surface area contributed by atoms with Gasteiger partial charge < -0.3 is 0 Å². The summed E-state index contributed by atoms with van der Waals surface area (Å²) >= 11 is 0. The third-order valence-corrected chi connectivity index (χ3v) is 4.11. The van der Waals surface area contributed by atoms with Crippen molar-refractivity contribution in [2.45, 2.75) is 44.0 Å². The van der Waals surface area contributed by atoms with Crippen molar-refractivity contribution in [2.75, 3.05) is 0 Å². The van der Waals surface area contributed by atoms with Crippen molar-refractivity contribution in [3.05, 3.63) is 29.8 Å². The van der Waals surface area contributed by atoms with E-state index in [0.29, 0.717) is 0 Å². The molecule has 0 aliphatic carbocycles. The largest absolute Gasteiger partial charge is 0.241 e. The molecule has 1 aromatic carbocycles. The molecule has 18 heavy (non-hydrogen) atoms. The summed E-state index contributed by atoms with van der Waals surface area (Å²) < 4.78 is 26.1. The molecule has 0 aromatic heterocycles. The summed E-state index contributed by atoms with van der Waals surface area (Å²) in [5.41, 5.74) is 1.05. The van der Waals surface area contributed by atoms with Crippen LogP contribution in [0, 0.1) is 11.3 Å². The maximum absolute atomic E-state index is 11.9. The first-order chi connectivity index (χ1) is 8.16. The SMILES string of the molecule is CC(C#N)NS(=O)(=O)c1ccc(C(C)(C)C)cc1. The van der Waals surface area contributed by atoms with E-state index in [2.05, 4.69) is 25.5 Å². The second kappa shape index (κ2) is 5.09. The molecule has 1 atom stereocenters. The Labute approximate surface area is 109 Å². The van der Waals surface area contributed by atoms with E-state index in [4.69, 9.17) is 5.26 Å². The lowest BCUT2D eigenvalue weighted by atomic mass is 9.87. The molecular weight excluding hydrogens is 248 g/mol. The highest BCUT2D eigenvalue weighted by molar-refractivity contribution is 7.89. The van der Waals surface area contributed by atoms with Crippen LogP contribution >= 0.6 is 0 Å². The normalized spacial score (nSPS) is 13.9. The summed E-state index contributed by atoms with van der Waals surface area (Å²) in [6.07, 6.45) is 0. The van der Waals surface area contributed by atoms with Crippen LogP contribution < -0.4 is 4.72 Å². The van der Waals surface area contributed by atoms with E-state index in [-0.39, 0.29) is 10.3 Å². The number of hydrogen-bond donors (Lipinski definition) is 1. The lowest BCUT2D eigenvalue weighted by Gasteiger charge is -2.19. The Morgan fingerprint density at radius 3 is 2.11 bits per heavy atom. The molecule has 1 N–H and O–H groups in total. The molecule has 4 nitrogen and oxygen atoms in total. The monoisotopic (exact) mass is 266 g/mol. The van der Waals surface area contributed by atoms with Crippen LogP contribution in [0.3, 0.4) is 0 Å². The standard InChI is InChI=1S/C13H18N2O2S/c1-10(9-14)15-18(16,17)12-7-5-11(6-8-12)13(2,3)4/h5-8,10,15H,1-4H3. The van der Waals surface area contributed by atoms with Crippen molar-refractivity contribution >= 4 is 10.0 Å². The van der Waals surface area contributed by atoms with Gasteiger partial charge in [0, 0.05) is 0 Å². The number of hydrogen-bond acceptors (Lipinski definition) is 3. The van der Waals surface area contributed by atoms with Gasteiger partial charge in [0.05, 0.1) is 11.0 Å². The van der Waals surface area contributed by atoms with Crippen molar-refractivity contribution in [1.29, 1.82) is 5.26 Å². The van der Waals surface area contributed by atoms with Gasteiger partial charge in [-0.15, -0.1) is 0 Å². The summed E-state index contributed by atoms with van der Waals surface area (Å²) in [4.78, 5) is 0.178.